The Kier molecular flexibility index (Phi) is 4.13. The highest BCUT2D eigenvalue weighted by Gasteiger charge is 2.43. The smallest absolute Gasteiger partial charge is 0.395 e. The molecule has 3 aromatic rings. The van der Waals surface area contributed by atoms with E-state index >= 15 is 0 Å². The van der Waals surface area contributed by atoms with Crippen LogP contribution in [0.5, 0.6) is 11.5 Å². The molecule has 0 fully saturated rings. The summed E-state index contributed by atoms with van der Waals surface area (Å²) in [5.41, 5.74) is 3.87. The number of anilines is 1. The molecular weight excluding hydrogens is 403 g/mol. The predicted octanol–water partition coefficient (Wildman–Crippen LogP) is 6.57. The van der Waals surface area contributed by atoms with Crippen molar-refractivity contribution in [3.63, 3.8) is 0 Å². The Hall–Kier alpha value is -2.86. The van der Waals surface area contributed by atoms with Crippen molar-refractivity contribution in [1.29, 1.82) is 0 Å². The van der Waals surface area contributed by atoms with Crippen molar-refractivity contribution in [2.75, 3.05) is 5.32 Å². The molecule has 1 atom stereocenters. The molecule has 0 saturated heterocycles. The van der Waals surface area contributed by atoms with Gasteiger partial charge in [0.15, 0.2) is 11.5 Å². The second kappa shape index (κ2) is 6.59. The van der Waals surface area contributed by atoms with E-state index in [1.165, 1.54) is 18.2 Å². The van der Waals surface area contributed by atoms with Gasteiger partial charge in [-0.15, -0.1) is 8.78 Å². The van der Waals surface area contributed by atoms with Gasteiger partial charge in [0.05, 0.1) is 11.1 Å². The first-order chi connectivity index (χ1) is 13.9. The third kappa shape index (κ3) is 3.27. The molecule has 1 unspecified atom stereocenters. The maximum Gasteiger partial charge on any atom is 0.586 e. The molecule has 0 spiro atoms. The Morgan fingerprint density at radius 2 is 1.72 bits per heavy atom. The van der Waals surface area contributed by atoms with E-state index in [0.29, 0.717) is 5.56 Å². The van der Waals surface area contributed by atoms with Crippen molar-refractivity contribution in [2.24, 2.45) is 0 Å². The zero-order chi connectivity index (χ0) is 20.2. The van der Waals surface area contributed by atoms with Gasteiger partial charge in [0.2, 0.25) is 0 Å². The summed E-state index contributed by atoms with van der Waals surface area (Å²) in [5.74, 6) is -0.350. The lowest BCUT2D eigenvalue weighted by atomic mass is 10.0. The Morgan fingerprint density at radius 1 is 1.00 bits per heavy atom. The molecule has 0 radical (unpaired) electrons. The summed E-state index contributed by atoms with van der Waals surface area (Å²) < 4.78 is 49.7. The second-order valence-electron chi connectivity index (χ2n) is 7.07. The van der Waals surface area contributed by atoms with Crippen molar-refractivity contribution in [2.45, 2.75) is 25.2 Å². The summed E-state index contributed by atoms with van der Waals surface area (Å²) in [6.45, 7) is 0. The van der Waals surface area contributed by atoms with E-state index in [2.05, 4.69) is 14.8 Å². The van der Waals surface area contributed by atoms with Crippen LogP contribution in [0, 0.1) is 5.82 Å². The van der Waals surface area contributed by atoms with Crippen LogP contribution in [0.1, 0.15) is 23.6 Å². The number of rotatable bonds is 3. The van der Waals surface area contributed by atoms with Crippen LogP contribution in [0.2, 0.25) is 5.02 Å². The first-order valence-corrected chi connectivity index (χ1v) is 9.51. The highest BCUT2D eigenvalue weighted by atomic mass is 35.5. The topological polar surface area (TPSA) is 30.5 Å². The Balaban J connectivity index is 1.39. The fourth-order valence-corrected chi connectivity index (χ4v) is 4.18. The fourth-order valence-electron chi connectivity index (χ4n) is 3.92. The average molecular weight is 418 g/mol. The van der Waals surface area contributed by atoms with Crippen LogP contribution in [-0.4, -0.2) is 6.29 Å². The van der Waals surface area contributed by atoms with Crippen LogP contribution < -0.4 is 14.8 Å². The number of hydrogen-bond acceptors (Lipinski definition) is 3. The second-order valence-corrected chi connectivity index (χ2v) is 7.48. The van der Waals surface area contributed by atoms with Crippen LogP contribution in [-0.2, 0) is 6.42 Å². The first kappa shape index (κ1) is 18.2. The molecule has 7 heteroatoms. The van der Waals surface area contributed by atoms with Crippen molar-refractivity contribution in [3.05, 3.63) is 76.6 Å². The van der Waals surface area contributed by atoms with Crippen LogP contribution in [0.4, 0.5) is 18.9 Å². The molecule has 0 amide bonds. The molecule has 1 N–H and O–H groups in total. The number of aryl methyl sites for hydroxylation is 1. The Morgan fingerprint density at radius 3 is 2.48 bits per heavy atom. The molecule has 5 rings (SSSR count). The zero-order valence-electron chi connectivity index (χ0n) is 15.0. The third-order valence-electron chi connectivity index (χ3n) is 5.22. The summed E-state index contributed by atoms with van der Waals surface area (Å²) in [4.78, 5) is 0. The average Bonchev–Trinajstić information content (AvgIpc) is 3.21. The maximum atomic E-state index is 14.2. The van der Waals surface area contributed by atoms with Crippen LogP contribution in [0.25, 0.3) is 11.1 Å². The zero-order valence-corrected chi connectivity index (χ0v) is 15.8. The minimum absolute atomic E-state index is 0.0605. The largest absolute Gasteiger partial charge is 0.586 e. The molecule has 3 aromatic carbocycles. The molecule has 29 heavy (non-hydrogen) atoms. The lowest BCUT2D eigenvalue weighted by Crippen LogP contribution is -2.25. The summed E-state index contributed by atoms with van der Waals surface area (Å²) >= 11 is 6.25. The molecule has 0 aromatic heterocycles. The molecule has 0 saturated carbocycles. The van der Waals surface area contributed by atoms with Crippen LogP contribution >= 0.6 is 11.6 Å². The molecule has 0 bridgehead atoms. The van der Waals surface area contributed by atoms with E-state index in [4.69, 9.17) is 11.6 Å². The van der Waals surface area contributed by atoms with E-state index in [0.717, 1.165) is 35.2 Å². The summed E-state index contributed by atoms with van der Waals surface area (Å²) in [6, 6.07) is 15.2. The van der Waals surface area contributed by atoms with Crippen molar-refractivity contribution >= 4 is 17.3 Å². The molecular formula is C22H15ClF3NO2. The van der Waals surface area contributed by atoms with E-state index in [9.17, 15) is 13.2 Å². The molecule has 1 aliphatic carbocycles. The highest BCUT2D eigenvalue weighted by molar-refractivity contribution is 6.33. The van der Waals surface area contributed by atoms with E-state index in [1.54, 1.807) is 6.07 Å². The quantitative estimate of drug-likeness (QED) is 0.523. The number of fused-ring (bicyclic) bond motifs is 2. The third-order valence-corrected chi connectivity index (χ3v) is 5.53. The summed E-state index contributed by atoms with van der Waals surface area (Å²) in [5, 5.41) is 3.64. The number of alkyl halides is 2. The van der Waals surface area contributed by atoms with Gasteiger partial charge in [-0.3, -0.25) is 0 Å². The van der Waals surface area contributed by atoms with Gasteiger partial charge in [0.1, 0.15) is 5.82 Å². The van der Waals surface area contributed by atoms with Crippen molar-refractivity contribution in [3.8, 4) is 22.6 Å². The lowest BCUT2D eigenvalue weighted by molar-refractivity contribution is -0.286. The Bertz CT molecular complexity index is 1100. The van der Waals surface area contributed by atoms with Gasteiger partial charge in [-0.25, -0.2) is 4.39 Å². The molecule has 1 aliphatic heterocycles. The van der Waals surface area contributed by atoms with Gasteiger partial charge in [-0.2, -0.15) is 0 Å². The van der Waals surface area contributed by atoms with Crippen molar-refractivity contribution in [1.82, 2.24) is 0 Å². The van der Waals surface area contributed by atoms with Crippen molar-refractivity contribution < 1.29 is 22.6 Å². The highest BCUT2D eigenvalue weighted by Crippen LogP contribution is 2.46. The minimum Gasteiger partial charge on any atom is -0.395 e. The Labute approximate surface area is 170 Å². The summed E-state index contributed by atoms with van der Waals surface area (Å²) in [7, 11) is 0. The van der Waals surface area contributed by atoms with Crippen LogP contribution in [0.3, 0.4) is 0 Å². The number of nitrogens with one attached hydrogen (secondary N) is 1. The number of benzene rings is 3. The van der Waals surface area contributed by atoms with E-state index < -0.39 is 6.29 Å². The number of halogens is 4. The van der Waals surface area contributed by atoms with Gasteiger partial charge >= 0.3 is 6.29 Å². The minimum atomic E-state index is -3.69. The van der Waals surface area contributed by atoms with Gasteiger partial charge in [0.25, 0.3) is 0 Å². The predicted molar refractivity (Wildman–Crippen MR) is 104 cm³/mol. The van der Waals surface area contributed by atoms with E-state index in [1.807, 2.05) is 30.3 Å². The normalized spacial score (nSPS) is 18.6. The SMILES string of the molecule is Fc1cccc2c1C(Nc1ccc(-c3cc4c(cc3Cl)OC(F)(F)O4)cc1)CC2. The van der Waals surface area contributed by atoms with Gasteiger partial charge < -0.3 is 14.8 Å². The molecule has 3 nitrogen and oxygen atoms in total. The number of hydrogen-bond donors (Lipinski definition) is 1. The van der Waals surface area contributed by atoms with Gasteiger partial charge in [0, 0.05) is 22.9 Å². The lowest BCUT2D eigenvalue weighted by Gasteiger charge is -2.16. The van der Waals surface area contributed by atoms with Crippen LogP contribution in [0.15, 0.2) is 54.6 Å². The molecule has 148 valence electrons. The van der Waals surface area contributed by atoms with Gasteiger partial charge in [-0.05, 0) is 48.2 Å². The van der Waals surface area contributed by atoms with Gasteiger partial charge in [-0.1, -0.05) is 35.9 Å². The first-order valence-electron chi connectivity index (χ1n) is 9.13. The fraction of sp³-hybridized carbons (Fsp3) is 0.182. The molecule has 2 aliphatic rings. The monoisotopic (exact) mass is 417 g/mol. The molecule has 1 heterocycles. The number of ether oxygens (including phenoxy) is 2. The maximum absolute atomic E-state index is 14.2. The standard InChI is InChI=1S/C22H15ClF3NO2/c23-16-11-20-19(28-22(25,26)29-20)10-15(16)12-4-7-14(8-5-12)27-18-9-6-13-2-1-3-17(24)21(13)18/h1-5,7-8,10-11,18,27H,6,9H2. The summed E-state index contributed by atoms with van der Waals surface area (Å²) in [6.07, 6.45) is -2.04. The van der Waals surface area contributed by atoms with E-state index in [-0.39, 0.29) is 28.4 Å².